The zero-order valence-electron chi connectivity index (χ0n) is 9.63. The van der Waals surface area contributed by atoms with Crippen LogP contribution in [0.5, 0.6) is 0 Å². The van der Waals surface area contributed by atoms with Gasteiger partial charge in [0.15, 0.2) is 10.4 Å². The van der Waals surface area contributed by atoms with Crippen molar-refractivity contribution in [2.75, 3.05) is 17.7 Å². The number of nitrogens with two attached hydrogens (primary N) is 1. The Labute approximate surface area is 113 Å². The van der Waals surface area contributed by atoms with Crippen molar-refractivity contribution in [2.45, 2.75) is 6.54 Å². The SMILES string of the molecule is CS(=O)(=O)CCn1nc(-c2ccc(Br)o2)cc1N. The lowest BCUT2D eigenvalue weighted by Crippen LogP contribution is -2.13. The van der Waals surface area contributed by atoms with E-state index >= 15 is 0 Å². The predicted molar refractivity (Wildman–Crippen MR) is 71.8 cm³/mol. The number of sulfone groups is 1. The van der Waals surface area contributed by atoms with Gasteiger partial charge in [0.05, 0.1) is 12.3 Å². The molecule has 2 heterocycles. The smallest absolute Gasteiger partial charge is 0.169 e. The highest BCUT2D eigenvalue weighted by Crippen LogP contribution is 2.25. The summed E-state index contributed by atoms with van der Waals surface area (Å²) < 4.78 is 29.6. The number of aryl methyl sites for hydroxylation is 1. The van der Waals surface area contributed by atoms with Crippen molar-refractivity contribution in [3.05, 3.63) is 22.9 Å². The Morgan fingerprint density at radius 2 is 2.22 bits per heavy atom. The number of furan rings is 1. The van der Waals surface area contributed by atoms with E-state index in [1.165, 1.54) is 10.9 Å². The fourth-order valence-corrected chi connectivity index (χ4v) is 2.25. The highest BCUT2D eigenvalue weighted by Gasteiger charge is 2.12. The monoisotopic (exact) mass is 333 g/mol. The molecule has 0 radical (unpaired) electrons. The van der Waals surface area contributed by atoms with Crippen molar-refractivity contribution >= 4 is 31.6 Å². The number of hydrogen-bond donors (Lipinski definition) is 1. The van der Waals surface area contributed by atoms with Gasteiger partial charge in [-0.25, -0.2) is 13.1 Å². The highest BCUT2D eigenvalue weighted by molar-refractivity contribution is 9.10. The summed E-state index contributed by atoms with van der Waals surface area (Å²) >= 11 is 3.20. The van der Waals surface area contributed by atoms with Crippen LogP contribution in [0.4, 0.5) is 5.82 Å². The Balaban J connectivity index is 2.22. The van der Waals surface area contributed by atoms with Crippen molar-refractivity contribution in [2.24, 2.45) is 0 Å². The second kappa shape index (κ2) is 4.77. The summed E-state index contributed by atoms with van der Waals surface area (Å²) in [6.07, 6.45) is 1.18. The third-order valence-electron chi connectivity index (χ3n) is 2.31. The summed E-state index contributed by atoms with van der Waals surface area (Å²) in [5.74, 6) is 0.980. The van der Waals surface area contributed by atoms with Crippen LogP contribution < -0.4 is 5.73 Å². The van der Waals surface area contributed by atoms with E-state index in [1.807, 2.05) is 0 Å². The minimum absolute atomic E-state index is 0.000168. The topological polar surface area (TPSA) is 91.1 Å². The van der Waals surface area contributed by atoms with Gasteiger partial charge in [-0.2, -0.15) is 5.10 Å². The molecule has 0 unspecified atom stereocenters. The van der Waals surface area contributed by atoms with Crippen molar-refractivity contribution in [1.29, 1.82) is 0 Å². The minimum Gasteiger partial charge on any atom is -0.448 e. The average molecular weight is 334 g/mol. The molecule has 6 nitrogen and oxygen atoms in total. The number of hydrogen-bond acceptors (Lipinski definition) is 5. The fourth-order valence-electron chi connectivity index (χ4n) is 1.43. The van der Waals surface area contributed by atoms with E-state index in [2.05, 4.69) is 21.0 Å². The van der Waals surface area contributed by atoms with Crippen LogP contribution >= 0.6 is 15.9 Å². The van der Waals surface area contributed by atoms with Crippen molar-refractivity contribution in [1.82, 2.24) is 9.78 Å². The number of aromatic nitrogens is 2. The lowest BCUT2D eigenvalue weighted by atomic mass is 10.3. The lowest BCUT2D eigenvalue weighted by Gasteiger charge is -2.01. The molecule has 0 spiro atoms. The Morgan fingerprint density at radius 3 is 2.78 bits per heavy atom. The van der Waals surface area contributed by atoms with E-state index < -0.39 is 9.84 Å². The highest BCUT2D eigenvalue weighted by atomic mass is 79.9. The van der Waals surface area contributed by atoms with Gasteiger partial charge in [-0.1, -0.05) is 0 Å². The van der Waals surface area contributed by atoms with Crippen LogP contribution in [0, 0.1) is 0 Å². The van der Waals surface area contributed by atoms with E-state index in [1.54, 1.807) is 18.2 Å². The molecule has 2 N–H and O–H groups in total. The maximum Gasteiger partial charge on any atom is 0.169 e. The van der Waals surface area contributed by atoms with Gasteiger partial charge in [-0.15, -0.1) is 0 Å². The minimum atomic E-state index is -3.04. The van der Waals surface area contributed by atoms with Crippen molar-refractivity contribution in [3.63, 3.8) is 0 Å². The van der Waals surface area contributed by atoms with E-state index in [9.17, 15) is 8.42 Å². The lowest BCUT2D eigenvalue weighted by molar-refractivity contribution is 0.550. The molecule has 0 aliphatic carbocycles. The number of halogens is 1. The van der Waals surface area contributed by atoms with Gasteiger partial charge in [0.25, 0.3) is 0 Å². The molecule has 2 aromatic heterocycles. The maximum absolute atomic E-state index is 11.1. The van der Waals surface area contributed by atoms with Crippen LogP contribution in [0.3, 0.4) is 0 Å². The molecule has 2 rings (SSSR count). The van der Waals surface area contributed by atoms with E-state index in [0.717, 1.165) is 0 Å². The second-order valence-electron chi connectivity index (χ2n) is 3.91. The molecule has 0 fully saturated rings. The van der Waals surface area contributed by atoms with E-state index in [4.69, 9.17) is 10.2 Å². The third kappa shape index (κ3) is 3.14. The average Bonchev–Trinajstić information content (AvgIpc) is 2.81. The molecule has 0 aromatic carbocycles. The molecule has 0 amide bonds. The maximum atomic E-state index is 11.1. The Kier molecular flexibility index (Phi) is 3.49. The van der Waals surface area contributed by atoms with Gasteiger partial charge in [0.2, 0.25) is 0 Å². The van der Waals surface area contributed by atoms with Gasteiger partial charge in [0, 0.05) is 12.3 Å². The van der Waals surface area contributed by atoms with E-state index in [0.29, 0.717) is 21.9 Å². The first kappa shape index (κ1) is 13.2. The normalized spacial score (nSPS) is 11.9. The van der Waals surface area contributed by atoms with Crippen LogP contribution in [0.15, 0.2) is 27.3 Å². The third-order valence-corrected chi connectivity index (χ3v) is 3.66. The number of rotatable bonds is 4. The van der Waals surface area contributed by atoms with E-state index in [-0.39, 0.29) is 12.3 Å². The number of nitrogens with zero attached hydrogens (tertiary/aromatic N) is 2. The van der Waals surface area contributed by atoms with Crippen LogP contribution in [0.2, 0.25) is 0 Å². The molecular weight excluding hydrogens is 322 g/mol. The summed E-state index contributed by atoms with van der Waals surface area (Å²) in [6, 6.07) is 5.15. The number of nitrogen functional groups attached to an aromatic ring is 1. The number of anilines is 1. The zero-order valence-corrected chi connectivity index (χ0v) is 12.0. The van der Waals surface area contributed by atoms with Gasteiger partial charge in [-0.3, -0.25) is 0 Å². The van der Waals surface area contributed by atoms with Crippen LogP contribution in [-0.2, 0) is 16.4 Å². The molecule has 2 aromatic rings. The first-order valence-electron chi connectivity index (χ1n) is 5.12. The van der Waals surface area contributed by atoms with Crippen molar-refractivity contribution < 1.29 is 12.8 Å². The summed E-state index contributed by atoms with van der Waals surface area (Å²) in [5, 5.41) is 4.21. The Hall–Kier alpha value is -1.28. The predicted octanol–water partition coefficient (Wildman–Crippen LogP) is 1.53. The van der Waals surface area contributed by atoms with Gasteiger partial charge < -0.3 is 10.2 Å². The standard InChI is InChI=1S/C10H12BrN3O3S/c1-18(15,16)5-4-14-10(12)6-7(13-14)8-2-3-9(11)17-8/h2-3,6H,4-5,12H2,1H3. The summed E-state index contributed by atoms with van der Waals surface area (Å²) in [5.41, 5.74) is 6.34. The van der Waals surface area contributed by atoms with Crippen LogP contribution in [-0.4, -0.2) is 30.2 Å². The molecule has 18 heavy (non-hydrogen) atoms. The van der Waals surface area contributed by atoms with Crippen LogP contribution in [0.1, 0.15) is 0 Å². The van der Waals surface area contributed by atoms with Gasteiger partial charge in [-0.05, 0) is 28.1 Å². The first-order chi connectivity index (χ1) is 8.35. The summed E-state index contributed by atoms with van der Waals surface area (Å²) in [7, 11) is -3.04. The summed E-state index contributed by atoms with van der Waals surface area (Å²) in [4.78, 5) is 0. The molecular formula is C10H12BrN3O3S. The Bertz CT molecular complexity index is 660. The van der Waals surface area contributed by atoms with Crippen molar-refractivity contribution in [3.8, 4) is 11.5 Å². The zero-order chi connectivity index (χ0) is 13.3. The largest absolute Gasteiger partial charge is 0.448 e. The molecule has 0 atom stereocenters. The molecule has 0 saturated carbocycles. The van der Waals surface area contributed by atoms with Crippen LogP contribution in [0.25, 0.3) is 11.5 Å². The quantitative estimate of drug-likeness (QED) is 0.916. The second-order valence-corrected chi connectivity index (χ2v) is 6.95. The fraction of sp³-hybridized carbons (Fsp3) is 0.300. The molecule has 98 valence electrons. The Morgan fingerprint density at radius 1 is 1.50 bits per heavy atom. The molecule has 8 heteroatoms. The molecule has 0 aliphatic rings. The molecule has 0 bridgehead atoms. The van der Waals surface area contributed by atoms with Gasteiger partial charge >= 0.3 is 0 Å². The molecule has 0 aliphatic heterocycles. The van der Waals surface area contributed by atoms with Gasteiger partial charge in [0.1, 0.15) is 21.3 Å². The first-order valence-corrected chi connectivity index (χ1v) is 7.97. The summed E-state index contributed by atoms with van der Waals surface area (Å²) in [6.45, 7) is 0.229. The molecule has 0 saturated heterocycles.